The van der Waals surface area contributed by atoms with Crippen LogP contribution in [0.1, 0.15) is 31.7 Å². The van der Waals surface area contributed by atoms with Gasteiger partial charge in [-0.2, -0.15) is 5.10 Å². The van der Waals surface area contributed by atoms with E-state index in [1.54, 1.807) is 10.7 Å². The average molecular weight is 409 g/mol. The number of anilines is 1. The fraction of sp³-hybridized carbons (Fsp3) is 0.278. The maximum atomic E-state index is 13.9. The van der Waals surface area contributed by atoms with Gasteiger partial charge in [-0.1, -0.05) is 18.9 Å². The molecule has 2 aromatic heterocycles. The molecule has 27 heavy (non-hydrogen) atoms. The van der Waals surface area contributed by atoms with Crippen LogP contribution in [0.3, 0.4) is 0 Å². The Kier molecular flexibility index (Phi) is 4.73. The van der Waals surface area contributed by atoms with Crippen molar-refractivity contribution in [3.63, 3.8) is 0 Å². The monoisotopic (exact) mass is 409 g/mol. The van der Waals surface area contributed by atoms with E-state index in [1.165, 1.54) is 17.5 Å². The molecule has 1 fully saturated rings. The highest BCUT2D eigenvalue weighted by Gasteiger charge is 2.28. The summed E-state index contributed by atoms with van der Waals surface area (Å²) in [6.45, 7) is 0. The highest BCUT2D eigenvalue weighted by Crippen LogP contribution is 2.35. The Labute approximate surface area is 159 Å². The zero-order valence-corrected chi connectivity index (χ0v) is 15.9. The second-order valence-corrected chi connectivity index (χ2v) is 9.07. The van der Waals surface area contributed by atoms with Crippen LogP contribution in [0.4, 0.5) is 14.5 Å². The minimum atomic E-state index is -4.10. The van der Waals surface area contributed by atoms with Crippen molar-refractivity contribution in [3.8, 4) is 10.6 Å². The zero-order chi connectivity index (χ0) is 19.0. The lowest BCUT2D eigenvalue weighted by atomic mass is 10.3. The summed E-state index contributed by atoms with van der Waals surface area (Å²) in [4.78, 5) is 0.701. The first-order valence-electron chi connectivity index (χ1n) is 8.55. The van der Waals surface area contributed by atoms with E-state index in [9.17, 15) is 17.2 Å². The Balaban J connectivity index is 1.76. The second-order valence-electron chi connectivity index (χ2n) is 6.47. The van der Waals surface area contributed by atoms with E-state index >= 15 is 0 Å². The molecule has 0 radical (unpaired) electrons. The van der Waals surface area contributed by atoms with Gasteiger partial charge in [-0.05, 0) is 36.4 Å². The number of hydrogen-bond acceptors (Lipinski definition) is 4. The predicted molar refractivity (Wildman–Crippen MR) is 100 cm³/mol. The molecule has 3 aromatic rings. The van der Waals surface area contributed by atoms with Crippen molar-refractivity contribution < 1.29 is 17.2 Å². The van der Waals surface area contributed by atoms with Gasteiger partial charge in [0.05, 0.1) is 16.6 Å². The molecular weight excluding hydrogens is 392 g/mol. The third-order valence-corrected chi connectivity index (χ3v) is 6.86. The molecule has 142 valence electrons. The maximum Gasteiger partial charge on any atom is 0.265 e. The number of rotatable bonds is 5. The lowest BCUT2D eigenvalue weighted by molar-refractivity contribution is 0.467. The molecule has 0 saturated heterocycles. The van der Waals surface area contributed by atoms with Crippen molar-refractivity contribution >= 4 is 27.0 Å². The van der Waals surface area contributed by atoms with Gasteiger partial charge >= 0.3 is 0 Å². The Morgan fingerprint density at radius 3 is 2.63 bits per heavy atom. The number of halogens is 2. The summed E-state index contributed by atoms with van der Waals surface area (Å²) in [6, 6.07) is 6.48. The van der Waals surface area contributed by atoms with Crippen LogP contribution < -0.4 is 4.72 Å². The molecule has 5 nitrogen and oxygen atoms in total. The normalized spacial score (nSPS) is 15.3. The zero-order valence-electron chi connectivity index (χ0n) is 14.2. The molecule has 0 atom stereocenters. The van der Waals surface area contributed by atoms with E-state index in [1.807, 2.05) is 11.4 Å². The molecule has 0 unspecified atom stereocenters. The highest BCUT2D eigenvalue weighted by atomic mass is 32.2. The number of benzene rings is 1. The van der Waals surface area contributed by atoms with Crippen molar-refractivity contribution in [2.75, 3.05) is 4.72 Å². The molecule has 1 aromatic carbocycles. The van der Waals surface area contributed by atoms with Gasteiger partial charge in [0.2, 0.25) is 0 Å². The van der Waals surface area contributed by atoms with Gasteiger partial charge in [-0.15, -0.1) is 11.3 Å². The van der Waals surface area contributed by atoms with Crippen LogP contribution in [0, 0.1) is 11.6 Å². The Bertz CT molecular complexity index is 1060. The minimum absolute atomic E-state index is 0.0134. The molecule has 1 N–H and O–H groups in total. The van der Waals surface area contributed by atoms with Crippen LogP contribution in [-0.2, 0) is 10.0 Å². The van der Waals surface area contributed by atoms with Crippen molar-refractivity contribution in [1.29, 1.82) is 0 Å². The lowest BCUT2D eigenvalue weighted by Crippen LogP contribution is -2.14. The predicted octanol–water partition coefficient (Wildman–Crippen LogP) is 4.81. The molecular formula is C18H17F2N3O2S2. The summed E-state index contributed by atoms with van der Waals surface area (Å²) in [5.74, 6) is -1.75. The molecule has 4 rings (SSSR count). The SMILES string of the molecule is O=S(=O)(Nc1ccc(F)cc1F)c1cn(C2CCCC2)nc1-c1cccs1. The fourth-order valence-corrected chi connectivity index (χ4v) is 5.29. The quantitative estimate of drug-likeness (QED) is 0.658. The Hall–Kier alpha value is -2.26. The van der Waals surface area contributed by atoms with Crippen molar-refractivity contribution in [2.45, 2.75) is 36.6 Å². The second kappa shape index (κ2) is 7.05. The van der Waals surface area contributed by atoms with E-state index in [-0.39, 0.29) is 16.6 Å². The molecule has 0 spiro atoms. The summed E-state index contributed by atoms with van der Waals surface area (Å²) in [5, 5.41) is 6.37. The largest absolute Gasteiger partial charge is 0.277 e. The van der Waals surface area contributed by atoms with Crippen molar-refractivity contribution in [2.24, 2.45) is 0 Å². The van der Waals surface area contributed by atoms with E-state index in [4.69, 9.17) is 0 Å². The summed E-state index contributed by atoms with van der Waals surface area (Å²) in [7, 11) is -4.10. The van der Waals surface area contributed by atoms with Gasteiger partial charge in [-0.25, -0.2) is 17.2 Å². The Morgan fingerprint density at radius 2 is 1.96 bits per heavy atom. The molecule has 1 aliphatic carbocycles. The topological polar surface area (TPSA) is 64.0 Å². The maximum absolute atomic E-state index is 13.9. The van der Waals surface area contributed by atoms with Gasteiger partial charge in [0.1, 0.15) is 22.2 Å². The van der Waals surface area contributed by atoms with Crippen LogP contribution in [0.5, 0.6) is 0 Å². The molecule has 9 heteroatoms. The van der Waals surface area contributed by atoms with Gasteiger partial charge in [-0.3, -0.25) is 9.40 Å². The highest BCUT2D eigenvalue weighted by molar-refractivity contribution is 7.92. The molecule has 1 aliphatic rings. The van der Waals surface area contributed by atoms with Crippen LogP contribution in [-0.4, -0.2) is 18.2 Å². The molecule has 1 saturated carbocycles. The van der Waals surface area contributed by atoms with Gasteiger partial charge in [0, 0.05) is 12.3 Å². The van der Waals surface area contributed by atoms with E-state index in [2.05, 4.69) is 9.82 Å². The van der Waals surface area contributed by atoms with Gasteiger partial charge in [0.15, 0.2) is 0 Å². The summed E-state index contributed by atoms with van der Waals surface area (Å²) >= 11 is 1.38. The van der Waals surface area contributed by atoms with Crippen LogP contribution in [0.2, 0.25) is 0 Å². The van der Waals surface area contributed by atoms with Crippen LogP contribution in [0.15, 0.2) is 46.8 Å². The number of sulfonamides is 1. The van der Waals surface area contributed by atoms with Crippen molar-refractivity contribution in [1.82, 2.24) is 9.78 Å². The molecule has 0 amide bonds. The molecule has 0 bridgehead atoms. The molecule has 0 aliphatic heterocycles. The standard InChI is InChI=1S/C18H17F2N3O2S2/c19-12-7-8-15(14(20)10-12)22-27(24,25)17-11-23(13-4-1-2-5-13)21-18(17)16-6-3-9-26-16/h3,6-11,13,22H,1-2,4-5H2. The number of nitrogens with zero attached hydrogens (tertiary/aromatic N) is 2. The third kappa shape index (κ3) is 3.61. The summed E-state index contributed by atoms with van der Waals surface area (Å²) < 4.78 is 56.9. The smallest absolute Gasteiger partial charge is 0.265 e. The minimum Gasteiger partial charge on any atom is -0.277 e. The fourth-order valence-electron chi connectivity index (χ4n) is 3.28. The van der Waals surface area contributed by atoms with Gasteiger partial charge < -0.3 is 0 Å². The summed E-state index contributed by atoms with van der Waals surface area (Å²) in [5.41, 5.74) is 0.0362. The number of nitrogens with one attached hydrogen (secondary N) is 1. The molecule has 2 heterocycles. The number of thiophene rings is 1. The number of aromatic nitrogens is 2. The third-order valence-electron chi connectivity index (χ3n) is 4.62. The van der Waals surface area contributed by atoms with E-state index in [0.29, 0.717) is 16.6 Å². The Morgan fingerprint density at radius 1 is 1.19 bits per heavy atom. The summed E-state index contributed by atoms with van der Waals surface area (Å²) in [6.07, 6.45) is 5.57. The van der Waals surface area contributed by atoms with Crippen LogP contribution in [0.25, 0.3) is 10.6 Å². The first-order chi connectivity index (χ1) is 12.9. The van der Waals surface area contributed by atoms with Gasteiger partial charge in [0.25, 0.3) is 10.0 Å². The lowest BCUT2D eigenvalue weighted by Gasteiger charge is -2.09. The first-order valence-corrected chi connectivity index (χ1v) is 10.9. The van der Waals surface area contributed by atoms with Crippen LogP contribution >= 0.6 is 11.3 Å². The number of hydrogen-bond donors (Lipinski definition) is 1. The van der Waals surface area contributed by atoms with Crippen molar-refractivity contribution in [3.05, 3.63) is 53.5 Å². The van der Waals surface area contributed by atoms with E-state index < -0.39 is 21.7 Å². The van der Waals surface area contributed by atoms with E-state index in [0.717, 1.165) is 37.8 Å². The average Bonchev–Trinajstić information content (AvgIpc) is 3.37. The first kappa shape index (κ1) is 18.1.